The minimum atomic E-state index is -0.770. The number of allylic oxidation sites excluding steroid dienone is 12. The molecule has 0 aromatic rings. The molecule has 0 fully saturated rings. The van der Waals surface area contributed by atoms with E-state index in [0.29, 0.717) is 19.3 Å². The highest BCUT2D eigenvalue weighted by molar-refractivity contribution is 5.71. The van der Waals surface area contributed by atoms with Crippen molar-refractivity contribution in [1.82, 2.24) is 0 Å². The standard InChI is InChI=1S/C74H132O6/c1-4-7-10-13-16-19-22-24-26-28-30-31-32-33-34-35-36-37-38-39-40-41-42-43-45-46-48-50-52-55-58-61-64-67-73(76)79-70-71(69-78-72(75)66-63-60-57-54-21-18-15-12-9-6-3)80-74(77)68-65-62-59-56-53-51-49-47-44-29-27-25-23-20-17-14-11-8-5-2/h7,10,16,19,24,26,30-31,33-34,36-37,71H,4-6,8-9,11-15,17-18,20-23,25,27-29,32,35,38-70H2,1-3H3/b10-7-,19-16-,26-24-,31-30-,34-33-,37-36-. The number of carbonyl (C=O) groups is 3. The summed E-state index contributed by atoms with van der Waals surface area (Å²) in [5.74, 6) is -0.847. The zero-order valence-corrected chi connectivity index (χ0v) is 53.3. The van der Waals surface area contributed by atoms with Gasteiger partial charge in [-0.3, -0.25) is 14.4 Å². The molecule has 0 amide bonds. The molecule has 0 rings (SSSR count). The van der Waals surface area contributed by atoms with E-state index in [4.69, 9.17) is 14.2 Å². The van der Waals surface area contributed by atoms with Crippen molar-refractivity contribution in [2.75, 3.05) is 13.2 Å². The molecule has 6 nitrogen and oxygen atoms in total. The predicted octanol–water partition coefficient (Wildman–Crippen LogP) is 24.1. The van der Waals surface area contributed by atoms with Gasteiger partial charge in [-0.15, -0.1) is 0 Å². The second-order valence-corrected chi connectivity index (χ2v) is 23.4. The van der Waals surface area contributed by atoms with Gasteiger partial charge in [0.1, 0.15) is 13.2 Å². The van der Waals surface area contributed by atoms with Crippen molar-refractivity contribution in [3.63, 3.8) is 0 Å². The molecule has 0 aromatic carbocycles. The van der Waals surface area contributed by atoms with Crippen LogP contribution in [0, 0.1) is 0 Å². The van der Waals surface area contributed by atoms with Crippen LogP contribution in [0.1, 0.15) is 361 Å². The van der Waals surface area contributed by atoms with E-state index in [0.717, 1.165) is 96.3 Å². The van der Waals surface area contributed by atoms with E-state index in [-0.39, 0.29) is 31.1 Å². The van der Waals surface area contributed by atoms with E-state index < -0.39 is 6.10 Å². The molecule has 0 bridgehead atoms. The van der Waals surface area contributed by atoms with Gasteiger partial charge in [0.25, 0.3) is 0 Å². The molecule has 0 spiro atoms. The summed E-state index contributed by atoms with van der Waals surface area (Å²) in [6, 6.07) is 0. The normalized spacial score (nSPS) is 12.5. The Hall–Kier alpha value is -3.15. The molecule has 0 aliphatic carbocycles. The van der Waals surface area contributed by atoms with Gasteiger partial charge in [-0.2, -0.15) is 0 Å². The van der Waals surface area contributed by atoms with Crippen molar-refractivity contribution in [3.05, 3.63) is 72.9 Å². The predicted molar refractivity (Wildman–Crippen MR) is 348 cm³/mol. The summed E-state index contributed by atoms with van der Waals surface area (Å²) in [5.41, 5.74) is 0. The third kappa shape index (κ3) is 65.7. The van der Waals surface area contributed by atoms with E-state index in [1.165, 1.54) is 225 Å². The number of ether oxygens (including phenoxy) is 3. The van der Waals surface area contributed by atoms with Gasteiger partial charge >= 0.3 is 17.9 Å². The van der Waals surface area contributed by atoms with Crippen LogP contribution in [0.25, 0.3) is 0 Å². The number of hydrogen-bond donors (Lipinski definition) is 0. The molecule has 0 saturated heterocycles. The average molecular weight is 1120 g/mol. The summed E-state index contributed by atoms with van der Waals surface area (Å²) in [5, 5.41) is 0. The van der Waals surface area contributed by atoms with Crippen molar-refractivity contribution in [1.29, 1.82) is 0 Å². The van der Waals surface area contributed by atoms with E-state index in [9.17, 15) is 14.4 Å². The molecule has 1 unspecified atom stereocenters. The van der Waals surface area contributed by atoms with Crippen LogP contribution in [-0.4, -0.2) is 37.2 Å². The van der Waals surface area contributed by atoms with Crippen molar-refractivity contribution in [3.8, 4) is 0 Å². The summed E-state index contributed by atoms with van der Waals surface area (Å²) in [6.07, 6.45) is 89.4. The molecule has 6 heteroatoms. The maximum Gasteiger partial charge on any atom is 0.306 e. The fourth-order valence-electron chi connectivity index (χ4n) is 10.3. The first kappa shape index (κ1) is 76.9. The molecule has 0 N–H and O–H groups in total. The number of carbonyl (C=O) groups excluding carboxylic acids is 3. The van der Waals surface area contributed by atoms with Gasteiger partial charge in [0, 0.05) is 19.3 Å². The van der Waals surface area contributed by atoms with Gasteiger partial charge in [-0.1, -0.05) is 344 Å². The van der Waals surface area contributed by atoms with E-state index in [1.807, 2.05) is 0 Å². The topological polar surface area (TPSA) is 78.9 Å². The largest absolute Gasteiger partial charge is 0.462 e. The summed E-state index contributed by atoms with van der Waals surface area (Å²) in [6.45, 7) is 6.57. The van der Waals surface area contributed by atoms with Crippen LogP contribution < -0.4 is 0 Å². The number of esters is 3. The highest BCUT2D eigenvalue weighted by atomic mass is 16.6. The molecule has 0 aliphatic heterocycles. The first-order valence-corrected chi connectivity index (χ1v) is 34.9. The van der Waals surface area contributed by atoms with E-state index in [2.05, 4.69) is 93.7 Å². The van der Waals surface area contributed by atoms with Gasteiger partial charge in [0.15, 0.2) is 6.10 Å². The Morgan fingerprint density at radius 3 is 0.762 bits per heavy atom. The Balaban J connectivity index is 4.12. The van der Waals surface area contributed by atoms with Crippen LogP contribution in [0.3, 0.4) is 0 Å². The summed E-state index contributed by atoms with van der Waals surface area (Å²) in [4.78, 5) is 38.3. The van der Waals surface area contributed by atoms with Crippen LogP contribution in [0.2, 0.25) is 0 Å². The molecule has 80 heavy (non-hydrogen) atoms. The third-order valence-corrected chi connectivity index (χ3v) is 15.5. The van der Waals surface area contributed by atoms with Crippen LogP contribution in [-0.2, 0) is 28.6 Å². The van der Waals surface area contributed by atoms with Crippen molar-refractivity contribution < 1.29 is 28.6 Å². The fraction of sp³-hybridized carbons (Fsp3) is 0.797. The Labute approximate surface area is 497 Å². The van der Waals surface area contributed by atoms with Crippen LogP contribution in [0.4, 0.5) is 0 Å². The average Bonchev–Trinajstić information content (AvgIpc) is 3.46. The molecule has 0 radical (unpaired) electrons. The monoisotopic (exact) mass is 1120 g/mol. The van der Waals surface area contributed by atoms with Crippen molar-refractivity contribution >= 4 is 17.9 Å². The Kier molecular flexibility index (Phi) is 65.7. The van der Waals surface area contributed by atoms with Gasteiger partial charge < -0.3 is 14.2 Å². The zero-order valence-electron chi connectivity index (χ0n) is 53.3. The van der Waals surface area contributed by atoms with E-state index in [1.54, 1.807) is 0 Å². The lowest BCUT2D eigenvalue weighted by atomic mass is 10.0. The van der Waals surface area contributed by atoms with Crippen LogP contribution in [0.5, 0.6) is 0 Å². The molecule has 464 valence electrons. The minimum absolute atomic E-state index is 0.0683. The molecule has 0 heterocycles. The lowest BCUT2D eigenvalue weighted by molar-refractivity contribution is -0.167. The quantitative estimate of drug-likeness (QED) is 0.0261. The van der Waals surface area contributed by atoms with Gasteiger partial charge in [0.2, 0.25) is 0 Å². The van der Waals surface area contributed by atoms with E-state index >= 15 is 0 Å². The summed E-state index contributed by atoms with van der Waals surface area (Å²) < 4.78 is 16.9. The molecule has 0 aromatic heterocycles. The maximum atomic E-state index is 12.9. The van der Waals surface area contributed by atoms with Crippen LogP contribution >= 0.6 is 0 Å². The van der Waals surface area contributed by atoms with Crippen LogP contribution in [0.15, 0.2) is 72.9 Å². The summed E-state index contributed by atoms with van der Waals surface area (Å²) >= 11 is 0. The van der Waals surface area contributed by atoms with Crippen molar-refractivity contribution in [2.24, 2.45) is 0 Å². The first-order valence-electron chi connectivity index (χ1n) is 34.9. The van der Waals surface area contributed by atoms with Gasteiger partial charge in [0.05, 0.1) is 0 Å². The number of unbranched alkanes of at least 4 members (excludes halogenated alkanes) is 41. The SMILES string of the molecule is CC/C=C\C/C=C\C/C=C\C/C=C\C/C=C\C/C=C\CCCCCCCCCCCCCCCCC(=O)OCC(COC(=O)CCCCCCCCCCCC)OC(=O)CCCCCCCCCCCCCCCCCCCCC. The smallest absolute Gasteiger partial charge is 0.306 e. The zero-order chi connectivity index (χ0) is 57.8. The molecular weight excluding hydrogens is 985 g/mol. The van der Waals surface area contributed by atoms with Crippen molar-refractivity contribution in [2.45, 2.75) is 367 Å². The highest BCUT2D eigenvalue weighted by Gasteiger charge is 2.19. The second kappa shape index (κ2) is 68.3. The Morgan fingerprint density at radius 2 is 0.487 bits per heavy atom. The highest BCUT2D eigenvalue weighted by Crippen LogP contribution is 2.18. The van der Waals surface area contributed by atoms with Gasteiger partial charge in [-0.25, -0.2) is 0 Å². The Bertz CT molecular complexity index is 1470. The maximum absolute atomic E-state index is 12.9. The first-order chi connectivity index (χ1) is 39.5. The third-order valence-electron chi connectivity index (χ3n) is 15.5. The molecular formula is C74H132O6. The molecule has 0 aliphatic rings. The lowest BCUT2D eigenvalue weighted by Crippen LogP contribution is -2.30. The van der Waals surface area contributed by atoms with Gasteiger partial charge in [-0.05, 0) is 70.6 Å². The summed E-state index contributed by atoms with van der Waals surface area (Å²) in [7, 11) is 0. The number of rotatable bonds is 64. The fourth-order valence-corrected chi connectivity index (χ4v) is 10.3. The molecule has 1 atom stereocenters. The lowest BCUT2D eigenvalue weighted by Gasteiger charge is -2.18. The molecule has 0 saturated carbocycles. The number of hydrogen-bond acceptors (Lipinski definition) is 6. The Morgan fingerprint density at radius 1 is 0.263 bits per heavy atom. The minimum Gasteiger partial charge on any atom is -0.462 e. The second-order valence-electron chi connectivity index (χ2n) is 23.4.